The van der Waals surface area contributed by atoms with E-state index in [0.717, 1.165) is 38.0 Å². The number of ether oxygens (including phenoxy) is 2. The highest BCUT2D eigenvalue weighted by molar-refractivity contribution is 7.86. The van der Waals surface area contributed by atoms with E-state index in [4.69, 9.17) is 13.7 Å². The van der Waals surface area contributed by atoms with Crippen LogP contribution in [0.1, 0.15) is 28.8 Å². The number of benzene rings is 2. The molecule has 0 aromatic heterocycles. The largest absolute Gasteiger partial charge is 0.427 e. The van der Waals surface area contributed by atoms with Gasteiger partial charge in [0.2, 0.25) is 0 Å². The molecular formula is C22H24N2O6S. The molecule has 2 atom stereocenters. The van der Waals surface area contributed by atoms with Gasteiger partial charge in [0.25, 0.3) is 5.91 Å². The molecule has 0 radical (unpaired) electrons. The van der Waals surface area contributed by atoms with Crippen LogP contribution in [0.4, 0.5) is 0 Å². The Kier molecular flexibility index (Phi) is 5.11. The highest BCUT2D eigenvalue weighted by Gasteiger charge is 2.36. The Morgan fingerprint density at radius 2 is 1.77 bits per heavy atom. The summed E-state index contributed by atoms with van der Waals surface area (Å²) in [5.41, 5.74) is 1.37. The van der Waals surface area contributed by atoms with Crippen LogP contribution in [-0.2, 0) is 14.3 Å². The fourth-order valence-corrected chi connectivity index (χ4v) is 5.22. The monoisotopic (exact) mass is 444 g/mol. The number of nitrogens with zero attached hydrogens (tertiary/aromatic N) is 1. The first kappa shape index (κ1) is 20.3. The van der Waals surface area contributed by atoms with Gasteiger partial charge >= 0.3 is 16.6 Å². The fourth-order valence-electron chi connectivity index (χ4n) is 4.35. The van der Waals surface area contributed by atoms with Crippen molar-refractivity contribution in [3.8, 4) is 11.5 Å². The molecule has 164 valence electrons. The van der Waals surface area contributed by atoms with Crippen molar-refractivity contribution in [2.75, 3.05) is 19.6 Å². The Balaban J connectivity index is 1.24. The smallest absolute Gasteiger partial charge is 0.375 e. The zero-order valence-corrected chi connectivity index (χ0v) is 17.9. The van der Waals surface area contributed by atoms with Crippen LogP contribution in [0.5, 0.6) is 11.5 Å². The van der Waals surface area contributed by atoms with Crippen molar-refractivity contribution in [3.05, 3.63) is 53.6 Å². The lowest BCUT2D eigenvalue weighted by Gasteiger charge is -2.44. The second-order valence-electron chi connectivity index (χ2n) is 8.27. The average molecular weight is 445 g/mol. The standard InChI is InChI=1S/C22H24N2O6S/c1-14-2-5-17(6-3-14)31(26,27)30-22-28-19-7-4-16(12-20(19)29-22)21(25)23-18-13-24-10-8-15(18)9-11-24/h2-7,12,15,18,22H,8-11,13H2,1H3,(H,23,25)/t18-,22?/m0/s1. The molecule has 6 rings (SSSR count). The first-order chi connectivity index (χ1) is 14.9. The predicted molar refractivity (Wildman–Crippen MR) is 111 cm³/mol. The van der Waals surface area contributed by atoms with Crippen LogP contribution in [0.15, 0.2) is 47.4 Å². The number of rotatable bonds is 5. The molecular weight excluding hydrogens is 420 g/mol. The van der Waals surface area contributed by atoms with Crippen molar-refractivity contribution in [2.45, 2.75) is 37.2 Å². The van der Waals surface area contributed by atoms with E-state index in [1.807, 2.05) is 6.92 Å². The van der Waals surface area contributed by atoms with E-state index in [-0.39, 0.29) is 22.6 Å². The molecule has 2 bridgehead atoms. The summed E-state index contributed by atoms with van der Waals surface area (Å²) in [6, 6.07) is 11.2. The number of carbonyl (C=O) groups is 1. The fraction of sp³-hybridized carbons (Fsp3) is 0.409. The van der Waals surface area contributed by atoms with E-state index >= 15 is 0 Å². The van der Waals surface area contributed by atoms with Crippen LogP contribution in [0, 0.1) is 12.8 Å². The number of amides is 1. The number of piperidine rings is 3. The van der Waals surface area contributed by atoms with Gasteiger partial charge in [0, 0.05) is 18.2 Å². The van der Waals surface area contributed by atoms with E-state index in [1.54, 1.807) is 30.3 Å². The minimum atomic E-state index is -4.06. The lowest BCUT2D eigenvalue weighted by Crippen LogP contribution is -2.57. The van der Waals surface area contributed by atoms with E-state index in [9.17, 15) is 13.2 Å². The zero-order valence-electron chi connectivity index (χ0n) is 17.1. The quantitative estimate of drug-likeness (QED) is 0.707. The molecule has 3 fully saturated rings. The van der Waals surface area contributed by atoms with Crippen LogP contribution in [0.2, 0.25) is 0 Å². The normalized spacial score (nSPS) is 26.6. The van der Waals surface area contributed by atoms with Crippen LogP contribution >= 0.6 is 0 Å². The molecule has 1 amide bonds. The molecule has 0 aliphatic carbocycles. The lowest BCUT2D eigenvalue weighted by atomic mass is 9.84. The SMILES string of the molecule is Cc1ccc(S(=O)(=O)OC2Oc3ccc(C(=O)N[C@H]4CN5CCC4CC5)cc3O2)cc1. The molecule has 4 heterocycles. The first-order valence-electron chi connectivity index (χ1n) is 10.4. The minimum Gasteiger partial charge on any atom is -0.427 e. The Hall–Kier alpha value is -2.62. The van der Waals surface area contributed by atoms with Crippen molar-refractivity contribution in [1.82, 2.24) is 10.2 Å². The maximum Gasteiger partial charge on any atom is 0.375 e. The van der Waals surface area contributed by atoms with Gasteiger partial charge in [-0.15, -0.1) is 0 Å². The molecule has 2 aromatic rings. The summed E-state index contributed by atoms with van der Waals surface area (Å²) in [7, 11) is -4.06. The number of hydrogen-bond donors (Lipinski definition) is 1. The molecule has 31 heavy (non-hydrogen) atoms. The average Bonchev–Trinajstić information content (AvgIpc) is 3.15. The Morgan fingerprint density at radius 1 is 1.06 bits per heavy atom. The summed E-state index contributed by atoms with van der Waals surface area (Å²) >= 11 is 0. The summed E-state index contributed by atoms with van der Waals surface area (Å²) < 4.78 is 41.0. The van der Waals surface area contributed by atoms with Gasteiger partial charge in [0.15, 0.2) is 11.5 Å². The molecule has 4 aliphatic heterocycles. The van der Waals surface area contributed by atoms with Crippen LogP contribution < -0.4 is 14.8 Å². The minimum absolute atomic E-state index is 0.0128. The summed E-state index contributed by atoms with van der Waals surface area (Å²) in [4.78, 5) is 15.1. The number of carbonyl (C=O) groups excluding carboxylic acids is 1. The Morgan fingerprint density at radius 3 is 2.45 bits per heavy atom. The van der Waals surface area contributed by atoms with Crippen LogP contribution in [0.3, 0.4) is 0 Å². The van der Waals surface area contributed by atoms with Gasteiger partial charge in [-0.2, -0.15) is 12.6 Å². The van der Waals surface area contributed by atoms with Gasteiger partial charge in [-0.25, -0.2) is 0 Å². The Bertz CT molecular complexity index is 1090. The molecule has 3 saturated heterocycles. The third-order valence-corrected chi connectivity index (χ3v) is 7.40. The molecule has 0 spiro atoms. The third-order valence-electron chi connectivity index (χ3n) is 6.14. The lowest BCUT2D eigenvalue weighted by molar-refractivity contribution is -0.108. The van der Waals surface area contributed by atoms with E-state index in [2.05, 4.69) is 10.2 Å². The Labute approximate surface area is 181 Å². The van der Waals surface area contributed by atoms with E-state index in [1.165, 1.54) is 12.1 Å². The molecule has 2 aromatic carbocycles. The molecule has 9 heteroatoms. The van der Waals surface area contributed by atoms with Gasteiger partial charge in [-0.1, -0.05) is 17.7 Å². The summed E-state index contributed by atoms with van der Waals surface area (Å²) in [5, 5.41) is 3.13. The molecule has 1 N–H and O–H groups in total. The van der Waals surface area contributed by atoms with Gasteiger partial charge < -0.3 is 19.7 Å². The second kappa shape index (κ2) is 7.81. The number of aryl methyl sites for hydroxylation is 1. The molecule has 1 unspecified atom stereocenters. The topological polar surface area (TPSA) is 94.2 Å². The van der Waals surface area contributed by atoms with E-state index in [0.29, 0.717) is 17.2 Å². The summed E-state index contributed by atoms with van der Waals surface area (Å²) in [6.07, 6.45) is 2.22. The van der Waals surface area contributed by atoms with Gasteiger partial charge in [0.05, 0.1) is 4.90 Å². The van der Waals surface area contributed by atoms with Crippen molar-refractivity contribution >= 4 is 16.0 Å². The van der Waals surface area contributed by atoms with Gasteiger partial charge in [-0.3, -0.25) is 4.79 Å². The number of hydrogen-bond acceptors (Lipinski definition) is 7. The maximum absolute atomic E-state index is 12.8. The molecule has 4 aliphatic rings. The van der Waals surface area contributed by atoms with Crippen molar-refractivity contribution in [3.63, 3.8) is 0 Å². The highest BCUT2D eigenvalue weighted by Crippen LogP contribution is 2.37. The van der Waals surface area contributed by atoms with Gasteiger partial charge in [-0.05, 0) is 69.1 Å². The molecule has 0 saturated carbocycles. The third kappa shape index (κ3) is 4.13. The predicted octanol–water partition coefficient (Wildman–Crippen LogP) is 2.28. The second-order valence-corrected chi connectivity index (χ2v) is 9.84. The van der Waals surface area contributed by atoms with Crippen molar-refractivity contribution in [1.29, 1.82) is 0 Å². The number of fused-ring (bicyclic) bond motifs is 4. The highest BCUT2D eigenvalue weighted by atomic mass is 32.2. The summed E-state index contributed by atoms with van der Waals surface area (Å²) in [5.74, 6) is 0.934. The van der Waals surface area contributed by atoms with Crippen molar-refractivity contribution < 1.29 is 26.9 Å². The van der Waals surface area contributed by atoms with E-state index < -0.39 is 16.6 Å². The maximum atomic E-state index is 12.8. The van der Waals surface area contributed by atoms with Crippen LogP contribution in [0.25, 0.3) is 0 Å². The number of nitrogens with one attached hydrogen (secondary N) is 1. The first-order valence-corrected chi connectivity index (χ1v) is 11.8. The molecule has 8 nitrogen and oxygen atoms in total. The van der Waals surface area contributed by atoms with Crippen molar-refractivity contribution in [2.24, 2.45) is 5.92 Å². The zero-order chi connectivity index (χ0) is 21.6. The summed E-state index contributed by atoms with van der Waals surface area (Å²) in [6.45, 7) is 3.51. The van der Waals surface area contributed by atoms with Crippen LogP contribution in [-0.4, -0.2) is 51.4 Å². The van der Waals surface area contributed by atoms with Gasteiger partial charge in [0.1, 0.15) is 0 Å².